The molecular formula is C9H18N2O4. The van der Waals surface area contributed by atoms with E-state index in [9.17, 15) is 9.59 Å². The van der Waals surface area contributed by atoms with Crippen LogP contribution in [0, 0.1) is 5.92 Å². The van der Waals surface area contributed by atoms with Crippen LogP contribution in [-0.4, -0.2) is 41.3 Å². The maximum atomic E-state index is 10.5. The Bertz CT molecular complexity index is 212. The molecule has 1 aliphatic heterocycles. The van der Waals surface area contributed by atoms with Gasteiger partial charge in [-0.05, 0) is 26.3 Å². The van der Waals surface area contributed by atoms with Gasteiger partial charge in [0.1, 0.15) is 6.10 Å². The summed E-state index contributed by atoms with van der Waals surface area (Å²) in [6.45, 7) is 3.00. The second kappa shape index (κ2) is 7.19. The largest absolute Gasteiger partial charge is 0.479 e. The van der Waals surface area contributed by atoms with Crippen LogP contribution in [0.4, 0.5) is 0 Å². The zero-order valence-electron chi connectivity index (χ0n) is 8.77. The Morgan fingerprint density at radius 2 is 2.07 bits per heavy atom. The molecule has 0 aromatic carbocycles. The van der Waals surface area contributed by atoms with Crippen molar-refractivity contribution in [3.05, 3.63) is 0 Å². The van der Waals surface area contributed by atoms with E-state index in [1.807, 2.05) is 0 Å². The maximum absolute atomic E-state index is 10.5. The fourth-order valence-electron chi connectivity index (χ4n) is 1.09. The molecule has 0 aromatic heterocycles. The minimum Gasteiger partial charge on any atom is -0.479 e. The van der Waals surface area contributed by atoms with E-state index >= 15 is 0 Å². The first-order valence-electron chi connectivity index (χ1n) is 4.86. The first kappa shape index (κ1) is 13.9. The molecule has 0 saturated carbocycles. The molecule has 0 unspecified atom stereocenters. The van der Waals surface area contributed by atoms with E-state index in [-0.39, 0.29) is 11.8 Å². The number of rotatable bonds is 2. The van der Waals surface area contributed by atoms with E-state index in [1.54, 1.807) is 0 Å². The number of carbonyl (C=O) groups is 2. The standard InChI is InChI=1S/C6H12N2O.C3H6O3/c7-6(9)5-2-1-3-8-4-5;1-2(4)3(5)6/h5,8H,1-4H2,(H2,7,9);2,4H,1H3,(H,5,6)/t5-;2-/m11/s1. The lowest BCUT2D eigenvalue weighted by Crippen LogP contribution is -2.37. The molecule has 1 aliphatic rings. The van der Waals surface area contributed by atoms with Gasteiger partial charge in [0.2, 0.25) is 5.91 Å². The van der Waals surface area contributed by atoms with Gasteiger partial charge >= 0.3 is 5.97 Å². The van der Waals surface area contributed by atoms with Gasteiger partial charge < -0.3 is 21.3 Å². The summed E-state index contributed by atoms with van der Waals surface area (Å²) >= 11 is 0. The molecule has 15 heavy (non-hydrogen) atoms. The number of aliphatic hydroxyl groups is 1. The van der Waals surface area contributed by atoms with Crippen LogP contribution < -0.4 is 11.1 Å². The number of hydrogen-bond acceptors (Lipinski definition) is 4. The second-order valence-electron chi connectivity index (χ2n) is 3.46. The molecule has 1 rings (SSSR count). The van der Waals surface area contributed by atoms with Gasteiger partial charge in [0.15, 0.2) is 0 Å². The van der Waals surface area contributed by atoms with Gasteiger partial charge in [-0.1, -0.05) is 0 Å². The van der Waals surface area contributed by atoms with Gasteiger partial charge in [-0.25, -0.2) is 4.79 Å². The van der Waals surface area contributed by atoms with Crippen molar-refractivity contribution < 1.29 is 19.8 Å². The first-order valence-corrected chi connectivity index (χ1v) is 4.86. The second-order valence-corrected chi connectivity index (χ2v) is 3.46. The van der Waals surface area contributed by atoms with Crippen molar-refractivity contribution in [2.24, 2.45) is 11.7 Å². The predicted octanol–water partition coefficient (Wildman–Crippen LogP) is -1.08. The normalized spacial score (nSPS) is 22.1. The third kappa shape index (κ3) is 6.87. The third-order valence-corrected chi connectivity index (χ3v) is 2.06. The first-order chi connectivity index (χ1) is 6.95. The van der Waals surface area contributed by atoms with Gasteiger partial charge in [-0.15, -0.1) is 0 Å². The van der Waals surface area contributed by atoms with Gasteiger partial charge in [-0.2, -0.15) is 0 Å². The highest BCUT2D eigenvalue weighted by Gasteiger charge is 2.17. The van der Waals surface area contributed by atoms with Crippen molar-refractivity contribution in [2.45, 2.75) is 25.9 Å². The average molecular weight is 218 g/mol. The summed E-state index contributed by atoms with van der Waals surface area (Å²) in [5, 5.41) is 18.9. The molecule has 1 amide bonds. The third-order valence-electron chi connectivity index (χ3n) is 2.06. The minimum absolute atomic E-state index is 0.0822. The summed E-state index contributed by atoms with van der Waals surface area (Å²) in [5.74, 6) is -1.27. The van der Waals surface area contributed by atoms with Crippen LogP contribution in [0.3, 0.4) is 0 Å². The number of aliphatic carboxylic acids is 1. The van der Waals surface area contributed by atoms with E-state index in [1.165, 1.54) is 6.92 Å². The molecule has 0 radical (unpaired) electrons. The molecule has 88 valence electrons. The lowest BCUT2D eigenvalue weighted by molar-refractivity contribution is -0.145. The summed E-state index contributed by atoms with van der Waals surface area (Å²) in [5.41, 5.74) is 5.09. The summed E-state index contributed by atoms with van der Waals surface area (Å²) in [6, 6.07) is 0. The Hall–Kier alpha value is -1.14. The number of amides is 1. The molecule has 5 N–H and O–H groups in total. The van der Waals surface area contributed by atoms with E-state index in [0.29, 0.717) is 0 Å². The van der Waals surface area contributed by atoms with Crippen LogP contribution in [0.15, 0.2) is 0 Å². The average Bonchev–Trinajstić information content (AvgIpc) is 2.20. The molecule has 0 bridgehead atoms. The van der Waals surface area contributed by atoms with E-state index in [4.69, 9.17) is 15.9 Å². The number of piperidine rings is 1. The molecule has 1 fully saturated rings. The van der Waals surface area contributed by atoms with Gasteiger partial charge in [0, 0.05) is 6.54 Å². The van der Waals surface area contributed by atoms with E-state index in [2.05, 4.69) is 5.32 Å². The van der Waals surface area contributed by atoms with Gasteiger partial charge in [0.05, 0.1) is 5.92 Å². The molecule has 0 aliphatic carbocycles. The number of carboxylic acids is 1. The summed E-state index contributed by atoms with van der Waals surface area (Å²) < 4.78 is 0. The molecule has 6 heteroatoms. The van der Waals surface area contributed by atoms with Crippen LogP contribution in [-0.2, 0) is 9.59 Å². The molecular weight excluding hydrogens is 200 g/mol. The van der Waals surface area contributed by atoms with Crippen LogP contribution in [0.5, 0.6) is 0 Å². The topological polar surface area (TPSA) is 113 Å². The Balaban J connectivity index is 0.000000288. The van der Waals surface area contributed by atoms with Crippen LogP contribution in [0.1, 0.15) is 19.8 Å². The molecule has 6 nitrogen and oxygen atoms in total. The fourth-order valence-corrected chi connectivity index (χ4v) is 1.09. The minimum atomic E-state index is -1.23. The number of hydrogen-bond donors (Lipinski definition) is 4. The van der Waals surface area contributed by atoms with Crippen molar-refractivity contribution >= 4 is 11.9 Å². The Morgan fingerprint density at radius 3 is 2.27 bits per heavy atom. The lowest BCUT2D eigenvalue weighted by atomic mass is 9.99. The number of primary amides is 1. The Morgan fingerprint density at radius 1 is 1.53 bits per heavy atom. The highest BCUT2D eigenvalue weighted by molar-refractivity contribution is 5.76. The smallest absolute Gasteiger partial charge is 0.332 e. The molecule has 2 atom stereocenters. The zero-order valence-corrected chi connectivity index (χ0v) is 8.77. The molecule has 1 heterocycles. The van der Waals surface area contributed by atoms with Crippen molar-refractivity contribution in [3.8, 4) is 0 Å². The van der Waals surface area contributed by atoms with Crippen LogP contribution in [0.25, 0.3) is 0 Å². The summed E-state index contributed by atoms with van der Waals surface area (Å²) in [4.78, 5) is 20.0. The maximum Gasteiger partial charge on any atom is 0.332 e. The Labute approximate surface area is 88.5 Å². The van der Waals surface area contributed by atoms with Crippen molar-refractivity contribution in [1.82, 2.24) is 5.32 Å². The number of nitrogens with one attached hydrogen (secondary N) is 1. The van der Waals surface area contributed by atoms with Crippen molar-refractivity contribution in [2.75, 3.05) is 13.1 Å². The number of carboxylic acid groups (broad SMARTS) is 1. The molecule has 1 saturated heterocycles. The predicted molar refractivity (Wildman–Crippen MR) is 54.1 cm³/mol. The highest BCUT2D eigenvalue weighted by atomic mass is 16.4. The zero-order chi connectivity index (χ0) is 11.8. The van der Waals surface area contributed by atoms with Crippen LogP contribution in [0.2, 0.25) is 0 Å². The van der Waals surface area contributed by atoms with Gasteiger partial charge in [-0.3, -0.25) is 4.79 Å². The highest BCUT2D eigenvalue weighted by Crippen LogP contribution is 2.07. The number of nitrogens with two attached hydrogens (primary N) is 1. The summed E-state index contributed by atoms with van der Waals surface area (Å²) in [7, 11) is 0. The molecule has 0 spiro atoms. The lowest BCUT2D eigenvalue weighted by Gasteiger charge is -2.18. The SMILES string of the molecule is C[C@@H](O)C(=O)O.NC(=O)[C@@H]1CCCNC1. The van der Waals surface area contributed by atoms with Crippen LogP contribution >= 0.6 is 0 Å². The monoisotopic (exact) mass is 218 g/mol. The van der Waals surface area contributed by atoms with E-state index < -0.39 is 12.1 Å². The van der Waals surface area contributed by atoms with Crippen molar-refractivity contribution in [1.29, 1.82) is 0 Å². The number of carbonyl (C=O) groups excluding carboxylic acids is 1. The Kier molecular flexibility index (Phi) is 6.64. The summed E-state index contributed by atoms with van der Waals surface area (Å²) in [6.07, 6.45) is 0.806. The van der Waals surface area contributed by atoms with Gasteiger partial charge in [0.25, 0.3) is 0 Å². The quantitative estimate of drug-likeness (QED) is 0.471. The fraction of sp³-hybridized carbons (Fsp3) is 0.778. The molecule has 0 aromatic rings. The van der Waals surface area contributed by atoms with E-state index in [0.717, 1.165) is 25.9 Å². The van der Waals surface area contributed by atoms with Crippen molar-refractivity contribution in [3.63, 3.8) is 0 Å². The number of aliphatic hydroxyl groups excluding tert-OH is 1.